The Morgan fingerprint density at radius 2 is 1.18 bits per heavy atom. The molecule has 1 amide bonds. The number of hydrogen-bond acceptors (Lipinski definition) is 3. The van der Waals surface area contributed by atoms with Gasteiger partial charge in [0.1, 0.15) is 0 Å². The molecule has 0 heterocycles. The van der Waals surface area contributed by atoms with Crippen LogP contribution >= 0.6 is 7.92 Å². The number of esters is 1. The van der Waals surface area contributed by atoms with Crippen LogP contribution in [0.4, 0.5) is 0 Å². The standard InChI is InChI=1S/C34H42NO3P/c1-38-34(37)31-25-24-27(33(36)35-28-18-12-8-6-4-2-3-5-7-9-13-19-28)26-32(31)39(29-20-14-10-15-21-29)30-22-16-11-17-23-30/h10-11,14-17,20-26,28H,2-9,12-13,18-19H2,1H3,(H,35,36). The first-order chi connectivity index (χ1) is 19.2. The molecule has 3 aromatic rings. The van der Waals surface area contributed by atoms with Crippen molar-refractivity contribution in [2.75, 3.05) is 7.11 Å². The number of hydrogen-bond donors (Lipinski definition) is 1. The van der Waals surface area contributed by atoms with Gasteiger partial charge in [-0.05, 0) is 49.6 Å². The lowest BCUT2D eigenvalue weighted by atomic mass is 10.0. The van der Waals surface area contributed by atoms with Crippen molar-refractivity contribution in [3.8, 4) is 0 Å². The van der Waals surface area contributed by atoms with Crippen molar-refractivity contribution in [2.45, 2.75) is 83.1 Å². The highest BCUT2D eigenvalue weighted by molar-refractivity contribution is 7.80. The summed E-state index contributed by atoms with van der Waals surface area (Å²) in [6.07, 6.45) is 14.8. The summed E-state index contributed by atoms with van der Waals surface area (Å²) in [7, 11) is 0.340. The second kappa shape index (κ2) is 15.6. The molecule has 0 bridgehead atoms. The van der Waals surface area contributed by atoms with Gasteiger partial charge in [0.2, 0.25) is 0 Å². The number of amides is 1. The van der Waals surface area contributed by atoms with Crippen LogP contribution in [0.1, 0.15) is 97.8 Å². The largest absolute Gasteiger partial charge is 0.465 e. The van der Waals surface area contributed by atoms with Crippen molar-refractivity contribution in [1.29, 1.82) is 0 Å². The van der Waals surface area contributed by atoms with Gasteiger partial charge in [-0.15, -0.1) is 0 Å². The van der Waals surface area contributed by atoms with Crippen LogP contribution in [0.2, 0.25) is 0 Å². The van der Waals surface area contributed by atoms with Gasteiger partial charge >= 0.3 is 5.97 Å². The summed E-state index contributed by atoms with van der Waals surface area (Å²) in [4.78, 5) is 26.5. The number of benzene rings is 3. The Balaban J connectivity index is 1.63. The molecule has 4 rings (SSSR count). The minimum Gasteiger partial charge on any atom is -0.465 e. The SMILES string of the molecule is COC(=O)c1ccc(C(=O)NC2CCCCCCCCCCCC2)cc1P(c1ccccc1)c1ccccc1. The van der Waals surface area contributed by atoms with Gasteiger partial charge in [-0.1, -0.05) is 125 Å². The van der Waals surface area contributed by atoms with Crippen molar-refractivity contribution in [1.82, 2.24) is 5.32 Å². The molecule has 4 nitrogen and oxygen atoms in total. The van der Waals surface area contributed by atoms with E-state index in [2.05, 4.69) is 29.6 Å². The minimum absolute atomic E-state index is 0.0574. The van der Waals surface area contributed by atoms with Gasteiger partial charge in [0, 0.05) is 16.9 Å². The summed E-state index contributed by atoms with van der Waals surface area (Å²) in [5.74, 6) is -0.440. The molecule has 1 fully saturated rings. The molecule has 1 aliphatic rings. The summed E-state index contributed by atoms with van der Waals surface area (Å²) < 4.78 is 5.17. The zero-order valence-electron chi connectivity index (χ0n) is 23.2. The summed E-state index contributed by atoms with van der Waals surface area (Å²) >= 11 is 0. The molecule has 0 radical (unpaired) electrons. The van der Waals surface area contributed by atoms with Crippen molar-refractivity contribution in [3.05, 3.63) is 90.0 Å². The summed E-state index contributed by atoms with van der Waals surface area (Å²) in [6, 6.07) is 26.1. The zero-order valence-corrected chi connectivity index (χ0v) is 24.1. The van der Waals surface area contributed by atoms with Crippen molar-refractivity contribution >= 4 is 35.7 Å². The molecule has 1 saturated carbocycles. The molecule has 0 saturated heterocycles. The first-order valence-electron chi connectivity index (χ1n) is 14.6. The van der Waals surface area contributed by atoms with Crippen LogP contribution in [0.15, 0.2) is 78.9 Å². The van der Waals surface area contributed by atoms with Gasteiger partial charge in [-0.3, -0.25) is 4.79 Å². The van der Waals surface area contributed by atoms with Crippen LogP contribution in [0, 0.1) is 0 Å². The lowest BCUT2D eigenvalue weighted by molar-refractivity contribution is 0.0602. The Labute approximate surface area is 235 Å². The quantitative estimate of drug-likeness (QED) is 0.268. The predicted octanol–water partition coefficient (Wildman–Crippen LogP) is 7.02. The van der Waals surface area contributed by atoms with Gasteiger partial charge in [0.25, 0.3) is 5.91 Å². The maximum atomic E-state index is 13.6. The Bertz CT molecular complexity index is 1130. The van der Waals surface area contributed by atoms with Crippen LogP contribution in [-0.4, -0.2) is 25.0 Å². The lowest BCUT2D eigenvalue weighted by Crippen LogP contribution is -2.36. The fraction of sp³-hybridized carbons (Fsp3) is 0.412. The molecule has 1 aliphatic carbocycles. The monoisotopic (exact) mass is 543 g/mol. The number of methoxy groups -OCH3 is 1. The molecule has 0 atom stereocenters. The second-order valence-electron chi connectivity index (χ2n) is 10.5. The highest BCUT2D eigenvalue weighted by Gasteiger charge is 2.25. The maximum Gasteiger partial charge on any atom is 0.338 e. The van der Waals surface area contributed by atoms with E-state index in [1.54, 1.807) is 12.1 Å². The van der Waals surface area contributed by atoms with E-state index in [1.807, 2.05) is 42.5 Å². The van der Waals surface area contributed by atoms with Gasteiger partial charge in [0.15, 0.2) is 0 Å². The number of rotatable bonds is 6. The molecule has 3 aromatic carbocycles. The number of carbonyl (C=O) groups excluding carboxylic acids is 2. The Morgan fingerprint density at radius 1 is 0.692 bits per heavy atom. The number of nitrogens with one attached hydrogen (secondary N) is 1. The smallest absolute Gasteiger partial charge is 0.338 e. The molecule has 0 unspecified atom stereocenters. The maximum absolute atomic E-state index is 13.6. The van der Waals surface area contributed by atoms with Crippen molar-refractivity contribution in [3.63, 3.8) is 0 Å². The molecule has 206 valence electrons. The topological polar surface area (TPSA) is 55.4 Å². The number of ether oxygens (including phenoxy) is 1. The third-order valence-electron chi connectivity index (χ3n) is 7.63. The molecule has 1 N–H and O–H groups in total. The van der Waals surface area contributed by atoms with E-state index in [4.69, 9.17) is 4.74 Å². The normalized spacial score (nSPS) is 15.9. The van der Waals surface area contributed by atoms with E-state index in [9.17, 15) is 9.59 Å². The molecule has 5 heteroatoms. The molecule has 0 aromatic heterocycles. The van der Waals surface area contributed by atoms with E-state index in [-0.39, 0.29) is 17.9 Å². The molecular formula is C34H42NO3P. The van der Waals surface area contributed by atoms with Gasteiger partial charge < -0.3 is 10.1 Å². The fourth-order valence-corrected chi connectivity index (χ4v) is 7.94. The van der Waals surface area contributed by atoms with E-state index >= 15 is 0 Å². The fourth-order valence-electron chi connectivity index (χ4n) is 5.47. The Kier molecular flexibility index (Phi) is 11.6. The van der Waals surface area contributed by atoms with E-state index < -0.39 is 7.92 Å². The van der Waals surface area contributed by atoms with Gasteiger partial charge in [-0.25, -0.2) is 4.79 Å². The second-order valence-corrected chi connectivity index (χ2v) is 12.7. The van der Waals surface area contributed by atoms with Crippen LogP contribution in [0.5, 0.6) is 0 Å². The van der Waals surface area contributed by atoms with Gasteiger partial charge in [-0.2, -0.15) is 0 Å². The predicted molar refractivity (Wildman–Crippen MR) is 163 cm³/mol. The van der Waals surface area contributed by atoms with Crippen LogP contribution in [0.3, 0.4) is 0 Å². The minimum atomic E-state index is -1.07. The first kappa shape index (κ1) is 29.0. The van der Waals surface area contributed by atoms with Crippen LogP contribution in [0.25, 0.3) is 0 Å². The lowest BCUT2D eigenvalue weighted by Gasteiger charge is -2.23. The van der Waals surface area contributed by atoms with Crippen molar-refractivity contribution in [2.24, 2.45) is 0 Å². The van der Waals surface area contributed by atoms with Crippen LogP contribution in [-0.2, 0) is 4.74 Å². The zero-order chi connectivity index (χ0) is 27.3. The summed E-state index contributed by atoms with van der Waals surface area (Å²) in [6.45, 7) is 0. The molecule has 0 aliphatic heterocycles. The number of carbonyl (C=O) groups is 2. The van der Waals surface area contributed by atoms with Gasteiger partial charge in [0.05, 0.1) is 12.7 Å². The molecule has 39 heavy (non-hydrogen) atoms. The average Bonchev–Trinajstić information content (AvgIpc) is 3.00. The van der Waals surface area contributed by atoms with E-state index in [0.717, 1.165) is 41.6 Å². The molecular weight excluding hydrogens is 501 g/mol. The third-order valence-corrected chi connectivity index (χ3v) is 10.1. The highest BCUT2D eigenvalue weighted by atomic mass is 31.1. The average molecular weight is 544 g/mol. The summed E-state index contributed by atoms with van der Waals surface area (Å²) in [5.41, 5.74) is 1.11. The molecule has 0 spiro atoms. The third kappa shape index (κ3) is 8.51. The van der Waals surface area contributed by atoms with Crippen LogP contribution < -0.4 is 21.2 Å². The Morgan fingerprint density at radius 3 is 1.67 bits per heavy atom. The highest BCUT2D eigenvalue weighted by Crippen LogP contribution is 2.34. The first-order valence-corrected chi connectivity index (χ1v) is 15.9. The van der Waals surface area contributed by atoms with E-state index in [1.165, 1.54) is 58.5 Å². The van der Waals surface area contributed by atoms with Crippen molar-refractivity contribution < 1.29 is 14.3 Å². The van der Waals surface area contributed by atoms with E-state index in [0.29, 0.717) is 11.1 Å². The summed E-state index contributed by atoms with van der Waals surface area (Å²) in [5, 5.41) is 6.45. The Hall–Kier alpha value is -2.97.